The minimum atomic E-state index is -0.813. The van der Waals surface area contributed by atoms with Crippen LogP contribution in [0.1, 0.15) is 24.2 Å². The first-order valence-electron chi connectivity index (χ1n) is 5.35. The van der Waals surface area contributed by atoms with Gasteiger partial charge in [0.15, 0.2) is 0 Å². The van der Waals surface area contributed by atoms with Crippen molar-refractivity contribution in [2.45, 2.75) is 31.0 Å². The summed E-state index contributed by atoms with van der Waals surface area (Å²) in [6.45, 7) is 2.90. The van der Waals surface area contributed by atoms with Crippen molar-refractivity contribution >= 4 is 11.8 Å². The maximum Gasteiger partial charge on any atom is 0.126 e. The van der Waals surface area contributed by atoms with Crippen molar-refractivity contribution in [3.05, 3.63) is 29.1 Å². The standard InChI is InChI=1S/C12H17FO3S/c1-7-3-12(17-6-9(16)5-14)10(8(2)15)4-11(7)13/h3-4,8-9,14-16H,5-6H2,1-2H3/t8-,9?/m0/s1. The summed E-state index contributed by atoms with van der Waals surface area (Å²) in [5.74, 6) is -0.0469. The van der Waals surface area contributed by atoms with Gasteiger partial charge in [-0.15, -0.1) is 11.8 Å². The number of hydrogen-bond donors (Lipinski definition) is 3. The van der Waals surface area contributed by atoms with Crippen molar-refractivity contribution in [3.63, 3.8) is 0 Å². The van der Waals surface area contributed by atoms with E-state index in [1.165, 1.54) is 17.8 Å². The van der Waals surface area contributed by atoms with Gasteiger partial charge in [0.2, 0.25) is 0 Å². The average molecular weight is 260 g/mol. The maximum atomic E-state index is 13.4. The topological polar surface area (TPSA) is 60.7 Å². The molecule has 0 aliphatic heterocycles. The monoisotopic (exact) mass is 260 g/mol. The summed E-state index contributed by atoms with van der Waals surface area (Å²) in [5, 5.41) is 27.5. The molecule has 2 atom stereocenters. The smallest absolute Gasteiger partial charge is 0.126 e. The van der Waals surface area contributed by atoms with E-state index in [0.717, 1.165) is 4.90 Å². The fourth-order valence-corrected chi connectivity index (χ4v) is 2.49. The summed E-state index contributed by atoms with van der Waals surface area (Å²) in [4.78, 5) is 0.728. The predicted molar refractivity (Wildman–Crippen MR) is 65.6 cm³/mol. The van der Waals surface area contributed by atoms with E-state index in [-0.39, 0.29) is 12.4 Å². The number of rotatable bonds is 5. The van der Waals surface area contributed by atoms with E-state index in [2.05, 4.69) is 0 Å². The molecule has 0 fully saturated rings. The molecule has 0 bridgehead atoms. The second-order valence-corrected chi connectivity index (χ2v) is 5.02. The Bertz CT molecular complexity index is 382. The van der Waals surface area contributed by atoms with E-state index in [1.807, 2.05) is 0 Å². The van der Waals surface area contributed by atoms with Crippen LogP contribution in [0.4, 0.5) is 4.39 Å². The third-order valence-electron chi connectivity index (χ3n) is 2.38. The first-order chi connectivity index (χ1) is 7.95. The molecule has 0 saturated heterocycles. The number of halogens is 1. The van der Waals surface area contributed by atoms with Crippen LogP contribution in [0.25, 0.3) is 0 Å². The summed E-state index contributed by atoms with van der Waals surface area (Å²) >= 11 is 1.29. The molecule has 0 amide bonds. The molecule has 3 N–H and O–H groups in total. The largest absolute Gasteiger partial charge is 0.394 e. The maximum absolute atomic E-state index is 13.4. The molecule has 1 aromatic carbocycles. The van der Waals surface area contributed by atoms with Crippen molar-refractivity contribution < 1.29 is 19.7 Å². The zero-order chi connectivity index (χ0) is 13.0. The molecule has 1 aromatic rings. The third kappa shape index (κ3) is 3.96. The number of aliphatic hydroxyl groups is 3. The van der Waals surface area contributed by atoms with Crippen LogP contribution >= 0.6 is 11.8 Å². The first kappa shape index (κ1) is 14.4. The molecule has 96 valence electrons. The lowest BCUT2D eigenvalue weighted by Gasteiger charge is -2.14. The van der Waals surface area contributed by atoms with Gasteiger partial charge in [-0.1, -0.05) is 0 Å². The Labute approximate surface area is 104 Å². The molecule has 0 aliphatic rings. The van der Waals surface area contributed by atoms with E-state index < -0.39 is 12.2 Å². The molecule has 0 heterocycles. The molecule has 0 spiro atoms. The van der Waals surface area contributed by atoms with Gasteiger partial charge in [-0.05, 0) is 37.1 Å². The second kappa shape index (κ2) is 6.35. The highest BCUT2D eigenvalue weighted by Crippen LogP contribution is 2.30. The molecule has 5 heteroatoms. The Morgan fingerprint density at radius 2 is 2.00 bits per heavy atom. The van der Waals surface area contributed by atoms with Crippen molar-refractivity contribution in [1.29, 1.82) is 0 Å². The van der Waals surface area contributed by atoms with Gasteiger partial charge in [0, 0.05) is 10.6 Å². The number of aliphatic hydroxyl groups excluding tert-OH is 3. The number of thioether (sulfide) groups is 1. The molecule has 0 radical (unpaired) electrons. The van der Waals surface area contributed by atoms with E-state index in [4.69, 9.17) is 5.11 Å². The SMILES string of the molecule is Cc1cc(SCC(O)CO)c([C@H](C)O)cc1F. The van der Waals surface area contributed by atoms with E-state index >= 15 is 0 Å². The van der Waals surface area contributed by atoms with Crippen molar-refractivity contribution in [3.8, 4) is 0 Å². The highest BCUT2D eigenvalue weighted by molar-refractivity contribution is 7.99. The number of aryl methyl sites for hydroxylation is 1. The zero-order valence-corrected chi connectivity index (χ0v) is 10.7. The Balaban J connectivity index is 2.92. The van der Waals surface area contributed by atoms with Crippen LogP contribution in [0.3, 0.4) is 0 Å². The van der Waals surface area contributed by atoms with E-state index in [9.17, 15) is 14.6 Å². The third-order valence-corrected chi connectivity index (χ3v) is 3.60. The van der Waals surface area contributed by atoms with Gasteiger partial charge in [0.25, 0.3) is 0 Å². The van der Waals surface area contributed by atoms with Crippen LogP contribution in [0, 0.1) is 12.7 Å². The van der Waals surface area contributed by atoms with Crippen molar-refractivity contribution in [1.82, 2.24) is 0 Å². The number of hydrogen-bond acceptors (Lipinski definition) is 4. The van der Waals surface area contributed by atoms with Crippen LogP contribution in [-0.2, 0) is 0 Å². The summed E-state index contributed by atoms with van der Waals surface area (Å²) in [7, 11) is 0. The molecule has 1 unspecified atom stereocenters. The fourth-order valence-electron chi connectivity index (χ4n) is 1.36. The highest BCUT2D eigenvalue weighted by atomic mass is 32.2. The van der Waals surface area contributed by atoms with Gasteiger partial charge < -0.3 is 15.3 Å². The Hall–Kier alpha value is -0.620. The minimum absolute atomic E-state index is 0.307. The summed E-state index contributed by atoms with van der Waals surface area (Å²) in [6, 6.07) is 2.96. The Morgan fingerprint density at radius 1 is 1.35 bits per heavy atom. The average Bonchev–Trinajstić information content (AvgIpc) is 2.29. The lowest BCUT2D eigenvalue weighted by atomic mass is 10.1. The van der Waals surface area contributed by atoms with Gasteiger partial charge in [0.05, 0.1) is 18.8 Å². The molecule has 0 saturated carbocycles. The normalized spacial score (nSPS) is 14.7. The summed E-state index contributed by atoms with van der Waals surface area (Å²) in [5.41, 5.74) is 0.999. The van der Waals surface area contributed by atoms with Gasteiger partial charge in [-0.25, -0.2) is 4.39 Å². The van der Waals surface area contributed by atoms with Gasteiger partial charge >= 0.3 is 0 Å². The van der Waals surface area contributed by atoms with Crippen LogP contribution in [0.15, 0.2) is 17.0 Å². The molecular formula is C12H17FO3S. The van der Waals surface area contributed by atoms with E-state index in [0.29, 0.717) is 16.9 Å². The molecule has 1 rings (SSSR count). The Morgan fingerprint density at radius 3 is 2.53 bits per heavy atom. The first-order valence-corrected chi connectivity index (χ1v) is 6.34. The Kier molecular flexibility index (Phi) is 5.39. The molecular weight excluding hydrogens is 243 g/mol. The number of benzene rings is 1. The van der Waals surface area contributed by atoms with E-state index in [1.54, 1.807) is 19.9 Å². The predicted octanol–water partition coefficient (Wildman–Crippen LogP) is 1.63. The fraction of sp³-hybridized carbons (Fsp3) is 0.500. The zero-order valence-electron chi connectivity index (χ0n) is 9.85. The highest BCUT2D eigenvalue weighted by Gasteiger charge is 2.13. The lowest BCUT2D eigenvalue weighted by Crippen LogP contribution is -2.14. The van der Waals surface area contributed by atoms with Gasteiger partial charge in [-0.2, -0.15) is 0 Å². The summed E-state index contributed by atoms with van der Waals surface area (Å²) < 4.78 is 13.4. The molecule has 3 nitrogen and oxygen atoms in total. The minimum Gasteiger partial charge on any atom is -0.394 e. The van der Waals surface area contributed by atoms with Gasteiger partial charge in [0.1, 0.15) is 5.82 Å². The van der Waals surface area contributed by atoms with Crippen LogP contribution < -0.4 is 0 Å². The van der Waals surface area contributed by atoms with Crippen LogP contribution in [0.5, 0.6) is 0 Å². The van der Waals surface area contributed by atoms with Gasteiger partial charge in [-0.3, -0.25) is 0 Å². The molecule has 0 aromatic heterocycles. The molecule has 0 aliphatic carbocycles. The summed E-state index contributed by atoms with van der Waals surface area (Å²) in [6.07, 6.45) is -1.58. The van der Waals surface area contributed by atoms with Crippen LogP contribution in [0.2, 0.25) is 0 Å². The van der Waals surface area contributed by atoms with Crippen molar-refractivity contribution in [2.75, 3.05) is 12.4 Å². The van der Waals surface area contributed by atoms with Crippen LogP contribution in [-0.4, -0.2) is 33.8 Å². The quantitative estimate of drug-likeness (QED) is 0.704. The lowest BCUT2D eigenvalue weighted by molar-refractivity contribution is 0.113. The molecule has 17 heavy (non-hydrogen) atoms. The van der Waals surface area contributed by atoms with Crippen molar-refractivity contribution in [2.24, 2.45) is 0 Å². The second-order valence-electron chi connectivity index (χ2n) is 3.96.